The first-order valence-electron chi connectivity index (χ1n) is 7.45. The van der Waals surface area contributed by atoms with Gasteiger partial charge in [-0.2, -0.15) is 0 Å². The highest BCUT2D eigenvalue weighted by Crippen LogP contribution is 2.47. The Balaban J connectivity index is 1.71. The largest absolute Gasteiger partial charge is 0.360 e. The average molecular weight is 360 g/mol. The predicted molar refractivity (Wildman–Crippen MR) is 97.7 cm³/mol. The fourth-order valence-corrected chi connectivity index (χ4v) is 3.18. The minimum absolute atomic E-state index is 0.262. The maximum Gasteiger partial charge on any atom is 0.187 e. The summed E-state index contributed by atoms with van der Waals surface area (Å²) in [6.45, 7) is 1.71. The van der Waals surface area contributed by atoms with E-state index in [0.29, 0.717) is 10.7 Å². The fourth-order valence-electron chi connectivity index (χ4n) is 2.15. The Bertz CT molecular complexity index is 874. The van der Waals surface area contributed by atoms with Gasteiger partial charge in [0, 0.05) is 6.07 Å². The normalized spacial score (nSPS) is 12.5. The van der Waals surface area contributed by atoms with Crippen LogP contribution in [0.2, 0.25) is 0 Å². The highest BCUT2D eigenvalue weighted by Gasteiger charge is 2.17. The summed E-state index contributed by atoms with van der Waals surface area (Å²) in [5.41, 5.74) is 1.75. The summed E-state index contributed by atoms with van der Waals surface area (Å²) < 4.78 is 40.9. The first kappa shape index (κ1) is 17.2. The number of aromatic nitrogens is 1. The van der Waals surface area contributed by atoms with Gasteiger partial charge in [-0.05, 0) is 42.3 Å². The van der Waals surface area contributed by atoms with Crippen LogP contribution in [-0.2, 0) is 0 Å². The average Bonchev–Trinajstić information content (AvgIpc) is 2.99. The van der Waals surface area contributed by atoms with Crippen molar-refractivity contribution in [3.8, 4) is 0 Å². The topological polar surface area (TPSA) is 78.5 Å². The lowest BCUT2D eigenvalue weighted by Gasteiger charge is -2.32. The van der Waals surface area contributed by atoms with Crippen LogP contribution in [0.1, 0.15) is 16.9 Å². The SMILES string of the molecule is Cc1cc(NS(O)(O)c2ccc(/C=C/c3ccc(F)cc3)cc2)no1. The van der Waals surface area contributed by atoms with E-state index in [1.165, 1.54) is 12.1 Å². The number of nitrogens with one attached hydrogen (secondary N) is 1. The zero-order valence-electron chi connectivity index (χ0n) is 13.4. The second kappa shape index (κ2) is 7.10. The van der Waals surface area contributed by atoms with Crippen LogP contribution in [-0.4, -0.2) is 14.3 Å². The molecule has 5 nitrogen and oxygen atoms in total. The van der Waals surface area contributed by atoms with Gasteiger partial charge in [-0.15, -0.1) is 0 Å². The summed E-state index contributed by atoms with van der Waals surface area (Å²) in [6.07, 6.45) is 3.71. The van der Waals surface area contributed by atoms with Crippen molar-refractivity contribution >= 4 is 28.7 Å². The van der Waals surface area contributed by atoms with Crippen molar-refractivity contribution in [2.45, 2.75) is 11.8 Å². The number of halogens is 1. The third-order valence-electron chi connectivity index (χ3n) is 3.42. The van der Waals surface area contributed by atoms with Crippen molar-refractivity contribution in [3.63, 3.8) is 0 Å². The Morgan fingerprint density at radius 1 is 1.00 bits per heavy atom. The quantitative estimate of drug-likeness (QED) is 0.529. The van der Waals surface area contributed by atoms with Gasteiger partial charge < -0.3 is 4.52 Å². The van der Waals surface area contributed by atoms with E-state index in [1.807, 2.05) is 12.2 Å². The number of hydrogen-bond acceptors (Lipinski definition) is 5. The van der Waals surface area contributed by atoms with Crippen LogP contribution in [0, 0.1) is 12.7 Å². The van der Waals surface area contributed by atoms with E-state index in [9.17, 15) is 13.5 Å². The molecule has 3 N–H and O–H groups in total. The highest BCUT2D eigenvalue weighted by atomic mass is 32.3. The summed E-state index contributed by atoms with van der Waals surface area (Å²) in [4.78, 5) is 0.340. The Hall–Kier alpha value is -2.61. The van der Waals surface area contributed by atoms with Crippen LogP contribution in [0.5, 0.6) is 0 Å². The Kier molecular flexibility index (Phi) is 4.89. The molecule has 1 heterocycles. The van der Waals surface area contributed by atoms with Gasteiger partial charge in [0.25, 0.3) is 0 Å². The molecule has 0 saturated carbocycles. The maximum atomic E-state index is 12.9. The molecule has 0 aliphatic carbocycles. The van der Waals surface area contributed by atoms with Crippen LogP contribution < -0.4 is 4.72 Å². The van der Waals surface area contributed by atoms with Gasteiger partial charge in [-0.25, -0.2) is 4.39 Å². The van der Waals surface area contributed by atoms with Gasteiger partial charge >= 0.3 is 0 Å². The van der Waals surface area contributed by atoms with Gasteiger partial charge in [0.2, 0.25) is 0 Å². The van der Waals surface area contributed by atoms with Crippen molar-refractivity contribution in [1.29, 1.82) is 0 Å². The van der Waals surface area contributed by atoms with Crippen molar-refractivity contribution in [3.05, 3.63) is 77.3 Å². The Labute approximate surface area is 146 Å². The number of aryl methyl sites for hydroxylation is 1. The van der Waals surface area contributed by atoms with Gasteiger partial charge in [-0.1, -0.05) is 52.4 Å². The van der Waals surface area contributed by atoms with Crippen molar-refractivity contribution in [2.75, 3.05) is 4.72 Å². The monoisotopic (exact) mass is 360 g/mol. The van der Waals surface area contributed by atoms with Crippen LogP contribution in [0.25, 0.3) is 12.2 Å². The number of rotatable bonds is 5. The first-order valence-corrected chi connectivity index (χ1v) is 9.00. The molecule has 0 spiro atoms. The highest BCUT2D eigenvalue weighted by molar-refractivity contribution is 8.25. The molecule has 0 saturated heterocycles. The molecule has 130 valence electrons. The summed E-state index contributed by atoms with van der Waals surface area (Å²) in [5, 5.41) is 3.69. The molecular weight excluding hydrogens is 343 g/mol. The lowest BCUT2D eigenvalue weighted by atomic mass is 10.1. The molecular formula is C18H17FN2O3S. The molecule has 3 rings (SSSR count). The van der Waals surface area contributed by atoms with E-state index >= 15 is 0 Å². The molecule has 0 bridgehead atoms. The van der Waals surface area contributed by atoms with Crippen LogP contribution >= 0.6 is 10.8 Å². The summed E-state index contributed by atoms with van der Waals surface area (Å²) >= 11 is 0. The third kappa shape index (κ3) is 4.48. The van der Waals surface area contributed by atoms with E-state index in [1.54, 1.807) is 49.4 Å². The van der Waals surface area contributed by atoms with E-state index in [2.05, 4.69) is 9.88 Å². The van der Waals surface area contributed by atoms with Gasteiger partial charge in [0.05, 0.1) is 4.90 Å². The summed E-state index contributed by atoms with van der Waals surface area (Å²) in [7, 11) is -3.23. The minimum Gasteiger partial charge on any atom is -0.360 e. The van der Waals surface area contributed by atoms with E-state index in [-0.39, 0.29) is 11.6 Å². The number of benzene rings is 2. The maximum absolute atomic E-state index is 12.9. The lowest BCUT2D eigenvalue weighted by Crippen LogP contribution is -2.09. The molecule has 0 radical (unpaired) electrons. The molecule has 0 amide bonds. The van der Waals surface area contributed by atoms with Gasteiger partial charge in [0.1, 0.15) is 11.6 Å². The van der Waals surface area contributed by atoms with E-state index in [4.69, 9.17) is 4.52 Å². The standard InChI is InChI=1S/C18H17FN2O3S/c1-13-12-18(20-24-13)21-25(22,23)17-10-6-15(7-11-17)3-2-14-4-8-16(19)9-5-14/h2-12,22-23H,1H3,(H,20,21)/b3-2+. The lowest BCUT2D eigenvalue weighted by molar-refractivity contribution is 0.399. The fraction of sp³-hybridized carbons (Fsp3) is 0.0556. The number of anilines is 1. The van der Waals surface area contributed by atoms with E-state index in [0.717, 1.165) is 11.1 Å². The second-order valence-corrected chi connectivity index (χ2v) is 7.20. The molecule has 0 atom stereocenters. The molecule has 7 heteroatoms. The number of nitrogens with zero attached hydrogens (tertiary/aromatic N) is 1. The predicted octanol–water partition coefficient (Wildman–Crippen LogP) is 5.43. The van der Waals surface area contributed by atoms with Gasteiger partial charge in [0.15, 0.2) is 5.82 Å². The first-order chi connectivity index (χ1) is 11.9. The Morgan fingerprint density at radius 3 is 2.08 bits per heavy atom. The minimum atomic E-state index is -3.23. The molecule has 1 aromatic heterocycles. The van der Waals surface area contributed by atoms with Gasteiger partial charge in [-0.3, -0.25) is 13.8 Å². The molecule has 0 fully saturated rings. The molecule has 0 aliphatic heterocycles. The Morgan fingerprint density at radius 2 is 1.56 bits per heavy atom. The van der Waals surface area contributed by atoms with Crippen LogP contribution in [0.3, 0.4) is 0 Å². The van der Waals surface area contributed by atoms with Crippen molar-refractivity contribution < 1.29 is 18.0 Å². The summed E-state index contributed by atoms with van der Waals surface area (Å²) in [5.74, 6) is 0.554. The zero-order chi connectivity index (χ0) is 17.9. The smallest absolute Gasteiger partial charge is 0.187 e. The molecule has 0 aliphatic rings. The summed E-state index contributed by atoms with van der Waals surface area (Å²) in [6, 6.07) is 14.5. The second-order valence-electron chi connectivity index (χ2n) is 5.43. The van der Waals surface area contributed by atoms with Crippen LogP contribution in [0.15, 0.2) is 64.0 Å². The molecule has 3 aromatic rings. The molecule has 0 unspecified atom stereocenters. The molecule has 25 heavy (non-hydrogen) atoms. The van der Waals surface area contributed by atoms with Crippen LogP contribution in [0.4, 0.5) is 10.2 Å². The van der Waals surface area contributed by atoms with E-state index < -0.39 is 10.8 Å². The number of hydrogen-bond donors (Lipinski definition) is 3. The molecule has 2 aromatic carbocycles. The van der Waals surface area contributed by atoms with Crippen molar-refractivity contribution in [2.24, 2.45) is 0 Å². The van der Waals surface area contributed by atoms with Crippen molar-refractivity contribution in [1.82, 2.24) is 5.16 Å². The zero-order valence-corrected chi connectivity index (χ0v) is 14.2. The third-order valence-corrected chi connectivity index (χ3v) is 4.85.